The largest absolute Gasteiger partial charge is 0.461 e. The van der Waals surface area contributed by atoms with Crippen LogP contribution < -0.4 is 5.32 Å². The molecule has 2 aromatic heterocycles. The van der Waals surface area contributed by atoms with Gasteiger partial charge in [-0.2, -0.15) is 0 Å². The molecule has 2 aromatic carbocycles. The molecule has 1 N–H and O–H groups in total. The fourth-order valence-electron chi connectivity index (χ4n) is 2.74. The van der Waals surface area contributed by atoms with Gasteiger partial charge in [0.2, 0.25) is 0 Å². The quantitative estimate of drug-likeness (QED) is 0.535. The van der Waals surface area contributed by atoms with Gasteiger partial charge in [-0.15, -0.1) is 0 Å². The summed E-state index contributed by atoms with van der Waals surface area (Å²) in [4.78, 5) is 16.5. The Morgan fingerprint density at radius 2 is 1.81 bits per heavy atom. The van der Waals surface area contributed by atoms with Crippen molar-refractivity contribution in [3.63, 3.8) is 0 Å². The highest BCUT2D eigenvalue weighted by atomic mass is 19.1. The molecule has 1 amide bonds. The zero-order chi connectivity index (χ0) is 18.8. The first kappa shape index (κ1) is 16.8. The summed E-state index contributed by atoms with van der Waals surface area (Å²) >= 11 is 0. The van der Waals surface area contributed by atoms with E-state index >= 15 is 0 Å². The van der Waals surface area contributed by atoms with E-state index in [4.69, 9.17) is 8.83 Å². The van der Waals surface area contributed by atoms with Crippen LogP contribution in [0.15, 0.2) is 75.9 Å². The average molecular weight is 362 g/mol. The summed E-state index contributed by atoms with van der Waals surface area (Å²) in [5.41, 5.74) is 1.68. The van der Waals surface area contributed by atoms with Crippen molar-refractivity contribution in [2.75, 3.05) is 5.32 Å². The third-order valence-corrected chi connectivity index (χ3v) is 4.07. The van der Waals surface area contributed by atoms with Crippen LogP contribution in [0.3, 0.4) is 0 Å². The Labute approximate surface area is 154 Å². The van der Waals surface area contributed by atoms with Crippen molar-refractivity contribution in [1.29, 1.82) is 0 Å². The van der Waals surface area contributed by atoms with Crippen molar-refractivity contribution in [2.24, 2.45) is 0 Å². The number of hydrogen-bond acceptors (Lipinski definition) is 4. The Morgan fingerprint density at radius 3 is 2.52 bits per heavy atom. The molecular formula is C21H15FN2O3. The number of rotatable bonds is 4. The van der Waals surface area contributed by atoms with Gasteiger partial charge in [0.15, 0.2) is 17.8 Å². The highest BCUT2D eigenvalue weighted by molar-refractivity contribution is 6.06. The minimum Gasteiger partial charge on any atom is -0.461 e. The molecule has 0 atom stereocenters. The fraction of sp³-hybridized carbons (Fsp3) is 0.0476. The molecule has 6 heteroatoms. The highest BCUT2D eigenvalue weighted by Gasteiger charge is 2.20. The number of benzene rings is 2. The van der Waals surface area contributed by atoms with Crippen molar-refractivity contribution in [2.45, 2.75) is 6.92 Å². The maximum Gasteiger partial charge on any atom is 0.278 e. The lowest BCUT2D eigenvalue weighted by molar-refractivity contribution is 0.102. The van der Waals surface area contributed by atoms with Crippen LogP contribution in [0, 0.1) is 12.7 Å². The van der Waals surface area contributed by atoms with E-state index in [-0.39, 0.29) is 17.0 Å². The van der Waals surface area contributed by atoms with Gasteiger partial charge in [-0.1, -0.05) is 12.1 Å². The van der Waals surface area contributed by atoms with E-state index in [1.54, 1.807) is 24.3 Å². The third kappa shape index (κ3) is 3.37. The van der Waals surface area contributed by atoms with Gasteiger partial charge in [-0.25, -0.2) is 9.37 Å². The van der Waals surface area contributed by atoms with Gasteiger partial charge in [-0.05, 0) is 55.5 Å². The predicted octanol–water partition coefficient (Wildman–Crippen LogP) is 5.30. The standard InChI is InChI=1S/C21H15FN2O3/c1-13-6-11-18(27-13)14-7-9-15(10-8-14)24-21(25)19-20(26-12-23-19)16-4-2-3-5-17(16)22/h2-12H,1H3,(H,24,25). The number of oxazole rings is 1. The Morgan fingerprint density at radius 1 is 1.04 bits per heavy atom. The molecule has 0 aliphatic rings. The molecule has 0 unspecified atom stereocenters. The number of aryl methyl sites for hydroxylation is 1. The second-order valence-corrected chi connectivity index (χ2v) is 5.95. The van der Waals surface area contributed by atoms with Crippen LogP contribution in [0.2, 0.25) is 0 Å². The molecule has 4 aromatic rings. The SMILES string of the molecule is Cc1ccc(-c2ccc(NC(=O)c3ncoc3-c3ccccc3F)cc2)o1. The van der Waals surface area contributed by atoms with Crippen molar-refractivity contribution in [1.82, 2.24) is 4.98 Å². The van der Waals surface area contributed by atoms with Gasteiger partial charge in [0.05, 0.1) is 5.56 Å². The number of carbonyl (C=O) groups is 1. The first-order valence-corrected chi connectivity index (χ1v) is 8.28. The summed E-state index contributed by atoms with van der Waals surface area (Å²) in [6.45, 7) is 1.88. The number of aromatic nitrogens is 1. The number of halogens is 1. The molecule has 0 saturated heterocycles. The molecule has 0 aliphatic heterocycles. The van der Waals surface area contributed by atoms with E-state index in [0.717, 1.165) is 23.5 Å². The molecule has 0 spiro atoms. The maximum absolute atomic E-state index is 14.0. The van der Waals surface area contributed by atoms with E-state index in [0.29, 0.717) is 5.69 Å². The lowest BCUT2D eigenvalue weighted by Gasteiger charge is -2.06. The lowest BCUT2D eigenvalue weighted by atomic mass is 10.1. The number of anilines is 1. The monoisotopic (exact) mass is 362 g/mol. The molecule has 0 aliphatic carbocycles. The van der Waals surface area contributed by atoms with Crippen LogP contribution in [0.4, 0.5) is 10.1 Å². The second-order valence-electron chi connectivity index (χ2n) is 5.95. The van der Waals surface area contributed by atoms with E-state index in [2.05, 4.69) is 10.3 Å². The Bertz CT molecular complexity index is 1100. The first-order valence-electron chi connectivity index (χ1n) is 8.28. The van der Waals surface area contributed by atoms with E-state index in [1.165, 1.54) is 12.1 Å². The number of nitrogens with one attached hydrogen (secondary N) is 1. The van der Waals surface area contributed by atoms with Crippen molar-refractivity contribution >= 4 is 11.6 Å². The fourth-order valence-corrected chi connectivity index (χ4v) is 2.74. The number of nitrogens with zero attached hydrogens (tertiary/aromatic N) is 1. The smallest absolute Gasteiger partial charge is 0.278 e. The lowest BCUT2D eigenvalue weighted by Crippen LogP contribution is -2.13. The minimum atomic E-state index is -0.485. The molecule has 0 radical (unpaired) electrons. The Kier molecular flexibility index (Phi) is 4.30. The molecular weight excluding hydrogens is 347 g/mol. The average Bonchev–Trinajstić information content (AvgIpc) is 3.32. The van der Waals surface area contributed by atoms with Gasteiger partial charge < -0.3 is 14.2 Å². The van der Waals surface area contributed by atoms with Crippen LogP contribution >= 0.6 is 0 Å². The molecule has 2 heterocycles. The van der Waals surface area contributed by atoms with Gasteiger partial charge in [-0.3, -0.25) is 4.79 Å². The molecule has 0 bridgehead atoms. The van der Waals surface area contributed by atoms with Gasteiger partial charge in [0, 0.05) is 11.3 Å². The van der Waals surface area contributed by atoms with Crippen LogP contribution in [0.5, 0.6) is 0 Å². The molecule has 0 fully saturated rings. The Hall–Kier alpha value is -3.67. The zero-order valence-corrected chi connectivity index (χ0v) is 14.4. The topological polar surface area (TPSA) is 68.3 Å². The number of amides is 1. The zero-order valence-electron chi connectivity index (χ0n) is 14.4. The minimum absolute atomic E-state index is 0.0193. The summed E-state index contributed by atoms with van der Waals surface area (Å²) in [5.74, 6) is 0.705. The van der Waals surface area contributed by atoms with Gasteiger partial charge in [0.25, 0.3) is 5.91 Å². The third-order valence-electron chi connectivity index (χ3n) is 4.07. The van der Waals surface area contributed by atoms with Crippen LogP contribution in [-0.2, 0) is 0 Å². The normalized spacial score (nSPS) is 10.7. The van der Waals surface area contributed by atoms with Crippen LogP contribution in [0.1, 0.15) is 16.2 Å². The Balaban J connectivity index is 1.55. The van der Waals surface area contributed by atoms with E-state index in [1.807, 2.05) is 31.2 Å². The molecule has 27 heavy (non-hydrogen) atoms. The van der Waals surface area contributed by atoms with Crippen molar-refractivity contribution < 1.29 is 18.0 Å². The van der Waals surface area contributed by atoms with Crippen molar-refractivity contribution in [3.8, 4) is 22.6 Å². The summed E-state index contributed by atoms with van der Waals surface area (Å²) in [7, 11) is 0. The second kappa shape index (κ2) is 6.92. The van der Waals surface area contributed by atoms with Crippen LogP contribution in [-0.4, -0.2) is 10.9 Å². The van der Waals surface area contributed by atoms with Gasteiger partial charge >= 0.3 is 0 Å². The van der Waals surface area contributed by atoms with Crippen LogP contribution in [0.25, 0.3) is 22.6 Å². The summed E-state index contributed by atoms with van der Waals surface area (Å²) < 4.78 is 24.8. The first-order chi connectivity index (χ1) is 13.1. The highest BCUT2D eigenvalue weighted by Crippen LogP contribution is 2.27. The van der Waals surface area contributed by atoms with E-state index in [9.17, 15) is 9.18 Å². The molecule has 134 valence electrons. The van der Waals surface area contributed by atoms with Gasteiger partial charge in [0.1, 0.15) is 17.3 Å². The summed E-state index contributed by atoms with van der Waals surface area (Å²) in [6.07, 6.45) is 1.12. The summed E-state index contributed by atoms with van der Waals surface area (Å²) in [6, 6.07) is 17.0. The predicted molar refractivity (Wildman–Crippen MR) is 98.7 cm³/mol. The maximum atomic E-state index is 14.0. The number of carbonyl (C=O) groups excluding carboxylic acids is 1. The van der Waals surface area contributed by atoms with Crippen molar-refractivity contribution in [3.05, 3.63) is 84.3 Å². The number of furan rings is 1. The summed E-state index contributed by atoms with van der Waals surface area (Å²) in [5, 5.41) is 2.74. The number of hydrogen-bond donors (Lipinski definition) is 1. The molecule has 4 rings (SSSR count). The molecule has 5 nitrogen and oxygen atoms in total. The van der Waals surface area contributed by atoms with E-state index < -0.39 is 11.7 Å². The molecule has 0 saturated carbocycles.